The van der Waals surface area contributed by atoms with Crippen molar-refractivity contribution in [2.24, 2.45) is 11.5 Å². The Balaban J connectivity index is 0. The first-order chi connectivity index (χ1) is 9.94. The van der Waals surface area contributed by atoms with E-state index >= 15 is 0 Å². The van der Waals surface area contributed by atoms with Crippen LogP contribution in [0.4, 0.5) is 0 Å². The maximum Gasteiger partial charge on any atom is 0.326 e. The van der Waals surface area contributed by atoms with Crippen molar-refractivity contribution in [3.8, 4) is 0 Å². The first-order valence-electron chi connectivity index (χ1n) is 6.50. The molecule has 0 unspecified atom stereocenters. The molecule has 1 amide bonds. The SMILES string of the molecule is CSCC[C@H](N)C(=O)N[C@@H](CCCCN)C(=O)O.O=CO. The molecule has 0 aliphatic carbocycles. The molecular formula is C12H25N3O5S. The van der Waals surface area contributed by atoms with Gasteiger partial charge in [0.15, 0.2) is 0 Å². The molecule has 0 aliphatic rings. The molecule has 0 aromatic heterocycles. The molecule has 0 saturated heterocycles. The van der Waals surface area contributed by atoms with Gasteiger partial charge in [-0.15, -0.1) is 0 Å². The van der Waals surface area contributed by atoms with E-state index in [2.05, 4.69) is 5.32 Å². The molecule has 0 fully saturated rings. The highest BCUT2D eigenvalue weighted by molar-refractivity contribution is 7.98. The smallest absolute Gasteiger partial charge is 0.326 e. The van der Waals surface area contributed by atoms with Gasteiger partial charge in [0.05, 0.1) is 6.04 Å². The third-order valence-electron chi connectivity index (χ3n) is 2.53. The van der Waals surface area contributed by atoms with E-state index in [1.165, 1.54) is 0 Å². The van der Waals surface area contributed by atoms with Gasteiger partial charge >= 0.3 is 5.97 Å². The Bertz CT molecular complexity index is 305. The zero-order chi connectivity index (χ0) is 16.7. The van der Waals surface area contributed by atoms with Crippen LogP contribution in [0.1, 0.15) is 25.7 Å². The van der Waals surface area contributed by atoms with Crippen molar-refractivity contribution in [2.75, 3.05) is 18.6 Å². The summed E-state index contributed by atoms with van der Waals surface area (Å²) >= 11 is 1.60. The second kappa shape index (κ2) is 15.1. The lowest BCUT2D eigenvalue weighted by molar-refractivity contribution is -0.142. The van der Waals surface area contributed by atoms with Gasteiger partial charge in [-0.3, -0.25) is 9.59 Å². The molecule has 8 nitrogen and oxygen atoms in total. The van der Waals surface area contributed by atoms with Crippen molar-refractivity contribution >= 4 is 30.1 Å². The highest BCUT2D eigenvalue weighted by Crippen LogP contribution is 2.03. The highest BCUT2D eigenvalue weighted by Gasteiger charge is 2.22. The van der Waals surface area contributed by atoms with Crippen LogP contribution in [0.2, 0.25) is 0 Å². The maximum atomic E-state index is 11.7. The van der Waals surface area contributed by atoms with Gasteiger partial charge in [-0.25, -0.2) is 4.79 Å². The summed E-state index contributed by atoms with van der Waals surface area (Å²) in [5.41, 5.74) is 11.0. The summed E-state index contributed by atoms with van der Waals surface area (Å²) in [5.74, 6) is -0.652. The maximum absolute atomic E-state index is 11.7. The van der Waals surface area contributed by atoms with Gasteiger partial charge in [0.1, 0.15) is 6.04 Å². The van der Waals surface area contributed by atoms with Gasteiger partial charge in [-0.2, -0.15) is 11.8 Å². The summed E-state index contributed by atoms with van der Waals surface area (Å²) in [6, 6.07) is -1.52. The van der Waals surface area contributed by atoms with Gasteiger partial charge in [0.25, 0.3) is 6.47 Å². The quantitative estimate of drug-likeness (QED) is 0.265. The summed E-state index contributed by atoms with van der Waals surface area (Å²) in [4.78, 5) is 31.0. The summed E-state index contributed by atoms with van der Waals surface area (Å²) in [6.07, 6.45) is 4.28. The fraction of sp³-hybridized carbons (Fsp3) is 0.750. The van der Waals surface area contributed by atoms with Gasteiger partial charge in [-0.1, -0.05) is 0 Å². The number of unbranched alkanes of at least 4 members (excludes halogenated alkanes) is 1. The molecule has 124 valence electrons. The predicted octanol–water partition coefficient (Wildman–Crippen LogP) is -0.534. The average molecular weight is 323 g/mol. The fourth-order valence-electron chi connectivity index (χ4n) is 1.40. The van der Waals surface area contributed by atoms with Crippen LogP contribution in [0.5, 0.6) is 0 Å². The van der Waals surface area contributed by atoms with E-state index in [1.54, 1.807) is 11.8 Å². The van der Waals surface area contributed by atoms with Crippen LogP contribution in [0.3, 0.4) is 0 Å². The van der Waals surface area contributed by atoms with E-state index in [1.807, 2.05) is 6.26 Å². The van der Waals surface area contributed by atoms with Crippen molar-refractivity contribution in [3.05, 3.63) is 0 Å². The predicted molar refractivity (Wildman–Crippen MR) is 82.1 cm³/mol. The Morgan fingerprint density at radius 2 is 1.90 bits per heavy atom. The van der Waals surface area contributed by atoms with E-state index in [0.717, 1.165) is 12.2 Å². The summed E-state index contributed by atoms with van der Waals surface area (Å²) < 4.78 is 0. The number of amides is 1. The molecule has 0 aromatic rings. The van der Waals surface area contributed by atoms with E-state index in [9.17, 15) is 9.59 Å². The number of carbonyl (C=O) groups is 3. The number of nitrogens with two attached hydrogens (primary N) is 2. The summed E-state index contributed by atoms with van der Waals surface area (Å²) in [5, 5.41) is 18.3. The third-order valence-corrected chi connectivity index (χ3v) is 3.18. The topological polar surface area (TPSA) is 156 Å². The lowest BCUT2D eigenvalue weighted by Gasteiger charge is -2.17. The Hall–Kier alpha value is -1.32. The Labute approximate surface area is 128 Å². The van der Waals surface area contributed by atoms with E-state index < -0.39 is 24.0 Å². The zero-order valence-electron chi connectivity index (χ0n) is 12.2. The first-order valence-corrected chi connectivity index (χ1v) is 7.89. The minimum absolute atomic E-state index is 0.250. The largest absolute Gasteiger partial charge is 0.483 e. The normalized spacial score (nSPS) is 12.5. The lowest BCUT2D eigenvalue weighted by Crippen LogP contribution is -2.48. The molecule has 0 radical (unpaired) electrons. The molecule has 0 bridgehead atoms. The van der Waals surface area contributed by atoms with Crippen molar-refractivity contribution in [1.82, 2.24) is 5.32 Å². The van der Waals surface area contributed by atoms with E-state index in [0.29, 0.717) is 25.8 Å². The monoisotopic (exact) mass is 323 g/mol. The standard InChI is InChI=1S/C11H23N3O3S.CH2O2/c1-18-7-5-8(13)10(15)14-9(11(16)17)4-2-3-6-12;2-1-3/h8-9H,2-7,12-13H2,1H3,(H,14,15)(H,16,17);1H,(H,2,3)/t8-,9-;/m0./s1. The van der Waals surface area contributed by atoms with Crippen LogP contribution < -0.4 is 16.8 Å². The number of carbonyl (C=O) groups excluding carboxylic acids is 1. The number of aliphatic carboxylic acids is 1. The number of nitrogens with one attached hydrogen (secondary N) is 1. The fourth-order valence-corrected chi connectivity index (χ4v) is 1.89. The minimum atomic E-state index is -1.03. The summed E-state index contributed by atoms with van der Waals surface area (Å²) in [7, 11) is 0. The molecule has 0 spiro atoms. The van der Waals surface area contributed by atoms with Crippen molar-refractivity contribution in [2.45, 2.75) is 37.8 Å². The molecule has 9 heteroatoms. The van der Waals surface area contributed by atoms with Gasteiger partial charge in [0, 0.05) is 0 Å². The molecule has 21 heavy (non-hydrogen) atoms. The van der Waals surface area contributed by atoms with E-state index in [4.69, 9.17) is 26.5 Å². The van der Waals surface area contributed by atoms with E-state index in [-0.39, 0.29) is 6.47 Å². The Kier molecular flexibility index (Phi) is 15.8. The number of thioether (sulfide) groups is 1. The molecule has 0 rings (SSSR count). The molecular weight excluding hydrogens is 298 g/mol. The van der Waals surface area contributed by atoms with Crippen LogP contribution >= 0.6 is 11.8 Å². The Morgan fingerprint density at radius 1 is 1.33 bits per heavy atom. The van der Waals surface area contributed by atoms with Crippen LogP contribution in [-0.2, 0) is 14.4 Å². The van der Waals surface area contributed by atoms with Crippen LogP contribution in [-0.4, -0.2) is 59.2 Å². The highest BCUT2D eigenvalue weighted by atomic mass is 32.2. The van der Waals surface area contributed by atoms with Crippen molar-refractivity contribution < 1.29 is 24.6 Å². The van der Waals surface area contributed by atoms with Crippen LogP contribution in [0.25, 0.3) is 0 Å². The number of hydrogen-bond donors (Lipinski definition) is 5. The second-order valence-corrected chi connectivity index (χ2v) is 5.16. The van der Waals surface area contributed by atoms with Crippen molar-refractivity contribution in [3.63, 3.8) is 0 Å². The third kappa shape index (κ3) is 13.4. The van der Waals surface area contributed by atoms with Gasteiger partial charge in [0.2, 0.25) is 5.91 Å². The first kappa shape index (κ1) is 22.0. The number of rotatable bonds is 10. The lowest BCUT2D eigenvalue weighted by atomic mass is 10.1. The molecule has 0 aromatic carbocycles. The molecule has 0 aliphatic heterocycles. The molecule has 2 atom stereocenters. The van der Waals surface area contributed by atoms with Crippen LogP contribution in [0, 0.1) is 0 Å². The Morgan fingerprint density at radius 3 is 2.33 bits per heavy atom. The van der Waals surface area contributed by atoms with Crippen molar-refractivity contribution in [1.29, 1.82) is 0 Å². The van der Waals surface area contributed by atoms with Gasteiger partial charge in [-0.05, 0) is 44.2 Å². The van der Waals surface area contributed by atoms with Crippen LogP contribution in [0.15, 0.2) is 0 Å². The number of carboxylic acids is 1. The summed E-state index contributed by atoms with van der Waals surface area (Å²) in [6.45, 7) is 0.271. The molecule has 0 saturated carbocycles. The molecule has 7 N–H and O–H groups in total. The second-order valence-electron chi connectivity index (χ2n) is 4.18. The van der Waals surface area contributed by atoms with Gasteiger partial charge < -0.3 is 27.0 Å². The molecule has 0 heterocycles. The number of carboxylic acid groups (broad SMARTS) is 2. The average Bonchev–Trinajstić information content (AvgIpc) is 2.44. The zero-order valence-corrected chi connectivity index (χ0v) is 13.0. The minimum Gasteiger partial charge on any atom is -0.483 e. The number of hydrogen-bond acceptors (Lipinski definition) is 6.